The number of nitrogens with one attached hydrogen (secondary N) is 1. The van der Waals surface area contributed by atoms with Gasteiger partial charge in [0, 0.05) is 25.2 Å². The van der Waals surface area contributed by atoms with E-state index in [4.69, 9.17) is 5.73 Å². The third kappa shape index (κ3) is 3.82. The molecule has 3 N–H and O–H groups in total. The fourth-order valence-electron chi connectivity index (χ4n) is 2.32. The van der Waals surface area contributed by atoms with Crippen molar-refractivity contribution in [2.45, 2.75) is 32.4 Å². The highest BCUT2D eigenvalue weighted by Crippen LogP contribution is 2.15. The maximum Gasteiger partial charge on any atom is 0.221 e. The summed E-state index contributed by atoms with van der Waals surface area (Å²) in [4.78, 5) is 13.4. The predicted molar refractivity (Wildman–Crippen MR) is 73.2 cm³/mol. The molecule has 1 aromatic carbocycles. The first-order valence-electron chi connectivity index (χ1n) is 6.48. The van der Waals surface area contributed by atoms with Crippen LogP contribution in [0.1, 0.15) is 25.3 Å². The number of nitrogens with zero attached hydrogens (tertiary/aromatic N) is 1. The van der Waals surface area contributed by atoms with E-state index in [9.17, 15) is 4.79 Å². The number of rotatable bonds is 3. The van der Waals surface area contributed by atoms with Crippen LogP contribution in [0.5, 0.6) is 0 Å². The van der Waals surface area contributed by atoms with E-state index in [1.54, 1.807) is 0 Å². The maximum absolute atomic E-state index is 11.0. The van der Waals surface area contributed by atoms with E-state index in [-0.39, 0.29) is 5.91 Å². The van der Waals surface area contributed by atoms with Gasteiger partial charge in [-0.15, -0.1) is 0 Å². The van der Waals surface area contributed by atoms with Crippen molar-refractivity contribution in [3.05, 3.63) is 29.8 Å². The summed E-state index contributed by atoms with van der Waals surface area (Å²) in [5, 5.41) is 2.81. The Bertz CT molecular complexity index is 411. The van der Waals surface area contributed by atoms with E-state index >= 15 is 0 Å². The molecule has 1 fully saturated rings. The molecule has 1 aliphatic rings. The number of carbonyl (C=O) groups excluding carboxylic acids is 1. The van der Waals surface area contributed by atoms with Crippen LogP contribution in [0.15, 0.2) is 24.3 Å². The van der Waals surface area contributed by atoms with E-state index in [1.165, 1.54) is 12.5 Å². The van der Waals surface area contributed by atoms with Crippen molar-refractivity contribution in [1.29, 1.82) is 0 Å². The molecule has 1 amide bonds. The van der Waals surface area contributed by atoms with E-state index in [0.717, 1.165) is 38.2 Å². The number of nitrogens with two attached hydrogens (primary N) is 1. The lowest BCUT2D eigenvalue weighted by molar-refractivity contribution is -0.114. The average Bonchev–Trinajstić information content (AvgIpc) is 2.32. The summed E-state index contributed by atoms with van der Waals surface area (Å²) in [7, 11) is 0. The van der Waals surface area contributed by atoms with Gasteiger partial charge in [-0.3, -0.25) is 9.69 Å². The van der Waals surface area contributed by atoms with Crippen LogP contribution in [0.2, 0.25) is 0 Å². The summed E-state index contributed by atoms with van der Waals surface area (Å²) >= 11 is 0. The molecule has 0 unspecified atom stereocenters. The lowest BCUT2D eigenvalue weighted by Gasteiger charge is -2.30. The van der Waals surface area contributed by atoms with Gasteiger partial charge in [-0.05, 0) is 43.6 Å². The molecule has 0 aliphatic carbocycles. The largest absolute Gasteiger partial charge is 0.328 e. The second kappa shape index (κ2) is 5.98. The van der Waals surface area contributed by atoms with E-state index in [0.29, 0.717) is 6.04 Å². The third-order valence-electron chi connectivity index (χ3n) is 3.29. The first kappa shape index (κ1) is 13.1. The van der Waals surface area contributed by atoms with Crippen LogP contribution in [0.3, 0.4) is 0 Å². The Morgan fingerprint density at radius 1 is 1.44 bits per heavy atom. The lowest BCUT2D eigenvalue weighted by Crippen LogP contribution is -2.39. The summed E-state index contributed by atoms with van der Waals surface area (Å²) in [5.41, 5.74) is 8.00. The Kier molecular flexibility index (Phi) is 4.33. The molecule has 2 rings (SSSR count). The number of likely N-dealkylation sites (tertiary alicyclic amines) is 1. The third-order valence-corrected chi connectivity index (χ3v) is 3.29. The second-order valence-corrected chi connectivity index (χ2v) is 5.00. The highest BCUT2D eigenvalue weighted by atomic mass is 16.1. The predicted octanol–water partition coefficient (Wildman–Crippen LogP) is 1.57. The van der Waals surface area contributed by atoms with Crippen molar-refractivity contribution in [2.75, 3.05) is 18.4 Å². The quantitative estimate of drug-likeness (QED) is 0.852. The van der Waals surface area contributed by atoms with Crippen LogP contribution in [-0.2, 0) is 11.3 Å². The molecule has 0 saturated carbocycles. The molecule has 1 heterocycles. The van der Waals surface area contributed by atoms with Gasteiger partial charge in [0.1, 0.15) is 0 Å². The van der Waals surface area contributed by atoms with Crippen LogP contribution >= 0.6 is 0 Å². The van der Waals surface area contributed by atoms with Crippen LogP contribution in [0, 0.1) is 0 Å². The van der Waals surface area contributed by atoms with Crippen LogP contribution in [-0.4, -0.2) is 29.9 Å². The SMILES string of the molecule is CC(=O)Nc1cccc(CN2CCC(N)CC2)c1. The first-order chi connectivity index (χ1) is 8.63. The summed E-state index contributed by atoms with van der Waals surface area (Å²) in [6.45, 7) is 4.58. The lowest BCUT2D eigenvalue weighted by atomic mass is 10.1. The number of piperidine rings is 1. The van der Waals surface area contributed by atoms with Crippen molar-refractivity contribution >= 4 is 11.6 Å². The van der Waals surface area contributed by atoms with E-state index in [2.05, 4.69) is 16.3 Å². The molecule has 0 spiro atoms. The molecular formula is C14H21N3O. The van der Waals surface area contributed by atoms with Gasteiger partial charge in [0.2, 0.25) is 5.91 Å². The number of amides is 1. The van der Waals surface area contributed by atoms with Gasteiger partial charge in [-0.1, -0.05) is 12.1 Å². The van der Waals surface area contributed by atoms with E-state index in [1.807, 2.05) is 18.2 Å². The van der Waals surface area contributed by atoms with Crippen molar-refractivity contribution in [3.8, 4) is 0 Å². The molecule has 4 nitrogen and oxygen atoms in total. The molecule has 1 saturated heterocycles. The Hall–Kier alpha value is -1.39. The summed E-state index contributed by atoms with van der Waals surface area (Å²) in [5.74, 6) is -0.0314. The second-order valence-electron chi connectivity index (χ2n) is 5.00. The number of carbonyl (C=O) groups is 1. The molecule has 0 atom stereocenters. The smallest absolute Gasteiger partial charge is 0.221 e. The van der Waals surface area contributed by atoms with E-state index < -0.39 is 0 Å². The Morgan fingerprint density at radius 3 is 2.83 bits per heavy atom. The Balaban J connectivity index is 1.94. The molecule has 98 valence electrons. The minimum Gasteiger partial charge on any atom is -0.328 e. The maximum atomic E-state index is 11.0. The molecule has 4 heteroatoms. The topological polar surface area (TPSA) is 58.4 Å². The summed E-state index contributed by atoms with van der Waals surface area (Å²) < 4.78 is 0. The molecule has 1 aromatic rings. The zero-order valence-electron chi connectivity index (χ0n) is 10.9. The summed E-state index contributed by atoms with van der Waals surface area (Å²) in [6.07, 6.45) is 2.15. The standard InChI is InChI=1S/C14H21N3O/c1-11(18)16-14-4-2-3-12(9-14)10-17-7-5-13(15)6-8-17/h2-4,9,13H,5-8,10,15H2,1H3,(H,16,18). The normalized spacial score (nSPS) is 17.7. The fourth-order valence-corrected chi connectivity index (χ4v) is 2.32. The van der Waals surface area contributed by atoms with Crippen molar-refractivity contribution in [3.63, 3.8) is 0 Å². The van der Waals surface area contributed by atoms with Gasteiger partial charge in [0.05, 0.1) is 0 Å². The van der Waals surface area contributed by atoms with Crippen molar-refractivity contribution in [1.82, 2.24) is 4.90 Å². The van der Waals surface area contributed by atoms with Crippen molar-refractivity contribution < 1.29 is 4.79 Å². The Labute approximate surface area is 108 Å². The van der Waals surface area contributed by atoms with Gasteiger partial charge in [-0.2, -0.15) is 0 Å². The minimum absolute atomic E-state index is 0.0314. The molecular weight excluding hydrogens is 226 g/mol. The number of anilines is 1. The molecule has 18 heavy (non-hydrogen) atoms. The van der Waals surface area contributed by atoms with Crippen LogP contribution in [0.4, 0.5) is 5.69 Å². The number of hydrogen-bond donors (Lipinski definition) is 2. The monoisotopic (exact) mass is 247 g/mol. The average molecular weight is 247 g/mol. The zero-order chi connectivity index (χ0) is 13.0. The Morgan fingerprint density at radius 2 is 2.17 bits per heavy atom. The molecule has 1 aliphatic heterocycles. The minimum atomic E-state index is -0.0314. The van der Waals surface area contributed by atoms with Crippen molar-refractivity contribution in [2.24, 2.45) is 5.73 Å². The van der Waals surface area contributed by atoms with Gasteiger partial charge in [0.25, 0.3) is 0 Å². The summed E-state index contributed by atoms with van der Waals surface area (Å²) in [6, 6.07) is 8.40. The highest BCUT2D eigenvalue weighted by Gasteiger charge is 2.15. The number of hydrogen-bond acceptors (Lipinski definition) is 3. The fraction of sp³-hybridized carbons (Fsp3) is 0.500. The van der Waals surface area contributed by atoms with Gasteiger partial charge in [-0.25, -0.2) is 0 Å². The first-order valence-corrected chi connectivity index (χ1v) is 6.48. The number of benzene rings is 1. The van der Waals surface area contributed by atoms with Crippen LogP contribution in [0.25, 0.3) is 0 Å². The van der Waals surface area contributed by atoms with Gasteiger partial charge >= 0.3 is 0 Å². The zero-order valence-corrected chi connectivity index (χ0v) is 10.9. The van der Waals surface area contributed by atoms with Gasteiger partial charge in [0.15, 0.2) is 0 Å². The van der Waals surface area contributed by atoms with Gasteiger partial charge < -0.3 is 11.1 Å². The molecule has 0 bridgehead atoms. The molecule has 0 aromatic heterocycles. The van der Waals surface area contributed by atoms with Crippen LogP contribution < -0.4 is 11.1 Å². The molecule has 0 radical (unpaired) electrons. The highest BCUT2D eigenvalue weighted by molar-refractivity contribution is 5.88.